The minimum absolute atomic E-state index is 0. The summed E-state index contributed by atoms with van der Waals surface area (Å²) in [6.45, 7) is 0. The smallest absolute Gasteiger partial charge is 0.161 e. The fourth-order valence-electron chi connectivity index (χ4n) is 0.776. The van der Waals surface area contributed by atoms with Crippen molar-refractivity contribution in [2.75, 3.05) is 0 Å². The number of imidazole rings is 1. The molecule has 0 unspecified atom stereocenters. The molecule has 2 heterocycles. The van der Waals surface area contributed by atoms with Gasteiger partial charge in [0.1, 0.15) is 10.2 Å². The average molecular weight is 353 g/mol. The molecule has 0 aromatic carbocycles. The standard InChI is InChI=1S/C5H4N4S.Hg/c10-5-3-4(7-1-6-3)8-2-9-5;/h1-2H,(H2,6,7,8,9,10);. The minimum Gasteiger partial charge on any atom is -0.335 e. The number of fused-ring (bicyclic) bond motifs is 1. The van der Waals surface area contributed by atoms with Gasteiger partial charge in [0, 0.05) is 27.7 Å². The molecule has 0 amide bonds. The van der Waals surface area contributed by atoms with Gasteiger partial charge >= 0.3 is 0 Å². The van der Waals surface area contributed by atoms with E-state index in [2.05, 4.69) is 19.9 Å². The molecule has 0 saturated carbocycles. The van der Waals surface area contributed by atoms with Crippen molar-refractivity contribution in [2.45, 2.75) is 0 Å². The van der Waals surface area contributed by atoms with E-state index < -0.39 is 0 Å². The number of nitrogens with zero attached hydrogens (tertiary/aromatic N) is 2. The molecule has 0 saturated heterocycles. The zero-order chi connectivity index (χ0) is 6.97. The van der Waals surface area contributed by atoms with Crippen molar-refractivity contribution in [3.63, 3.8) is 0 Å². The summed E-state index contributed by atoms with van der Waals surface area (Å²) in [5.41, 5.74) is 1.45. The number of nitrogens with one attached hydrogen (secondary N) is 2. The third kappa shape index (κ3) is 1.48. The molecule has 0 bridgehead atoms. The normalized spacial score (nSPS) is 9.45. The van der Waals surface area contributed by atoms with Crippen LogP contribution < -0.4 is 0 Å². The molecule has 52 valence electrons. The molecule has 0 aliphatic carbocycles. The van der Waals surface area contributed by atoms with Crippen molar-refractivity contribution in [1.82, 2.24) is 19.9 Å². The quantitative estimate of drug-likeness (QED) is 0.549. The fraction of sp³-hybridized carbons (Fsp3) is 0. The van der Waals surface area contributed by atoms with Gasteiger partial charge in [0.05, 0.1) is 12.7 Å². The van der Waals surface area contributed by atoms with Gasteiger partial charge in [-0.3, -0.25) is 0 Å². The zero-order valence-electron chi connectivity index (χ0n) is 5.66. The van der Waals surface area contributed by atoms with Crippen LogP contribution in [0.15, 0.2) is 12.7 Å². The first-order valence-electron chi connectivity index (χ1n) is 2.75. The second kappa shape index (κ2) is 3.40. The molecule has 2 aromatic heterocycles. The summed E-state index contributed by atoms with van der Waals surface area (Å²) in [7, 11) is 0. The topological polar surface area (TPSA) is 57.4 Å². The molecule has 0 spiro atoms. The molecule has 0 radical (unpaired) electrons. The molecular weight excluding hydrogens is 349 g/mol. The van der Waals surface area contributed by atoms with Gasteiger partial charge in [0.25, 0.3) is 0 Å². The maximum Gasteiger partial charge on any atom is 0.161 e. The summed E-state index contributed by atoms with van der Waals surface area (Å²) in [5.74, 6) is 0. The molecule has 4 nitrogen and oxygen atoms in total. The van der Waals surface area contributed by atoms with Crippen molar-refractivity contribution in [2.24, 2.45) is 0 Å². The van der Waals surface area contributed by atoms with E-state index in [0.29, 0.717) is 4.64 Å². The molecular formula is C5H4HgN4S. The first kappa shape index (κ1) is 8.80. The Morgan fingerprint density at radius 3 is 2.64 bits per heavy atom. The summed E-state index contributed by atoms with van der Waals surface area (Å²) in [6.07, 6.45) is 3.12. The predicted molar refractivity (Wildman–Crippen MR) is 39.1 cm³/mol. The van der Waals surface area contributed by atoms with Crippen molar-refractivity contribution < 1.29 is 27.7 Å². The van der Waals surface area contributed by atoms with E-state index in [9.17, 15) is 0 Å². The largest absolute Gasteiger partial charge is 0.335 e. The number of H-pyrrole nitrogens is 2. The summed E-state index contributed by atoms with van der Waals surface area (Å²) < 4.78 is 0.617. The van der Waals surface area contributed by atoms with E-state index in [-0.39, 0.29) is 27.7 Å². The number of hydrogen-bond acceptors (Lipinski definition) is 3. The molecule has 0 aliphatic heterocycles. The molecule has 2 aromatic rings. The molecule has 0 fully saturated rings. The van der Waals surface area contributed by atoms with Crippen molar-refractivity contribution in [1.29, 1.82) is 0 Å². The van der Waals surface area contributed by atoms with E-state index in [4.69, 9.17) is 12.2 Å². The van der Waals surface area contributed by atoms with Gasteiger partial charge in [0.2, 0.25) is 0 Å². The van der Waals surface area contributed by atoms with Gasteiger partial charge in [-0.2, -0.15) is 0 Å². The van der Waals surface area contributed by atoms with E-state index >= 15 is 0 Å². The van der Waals surface area contributed by atoms with Crippen LogP contribution in [0.4, 0.5) is 0 Å². The maximum absolute atomic E-state index is 4.93. The van der Waals surface area contributed by atoms with Gasteiger partial charge in [-0.15, -0.1) is 0 Å². The Kier molecular flexibility index (Phi) is 2.72. The Morgan fingerprint density at radius 1 is 1.18 bits per heavy atom. The van der Waals surface area contributed by atoms with Gasteiger partial charge in [-0.25, -0.2) is 9.97 Å². The predicted octanol–water partition coefficient (Wildman–Crippen LogP) is 1.01. The zero-order valence-corrected chi connectivity index (χ0v) is 12.0. The van der Waals surface area contributed by atoms with Crippen LogP contribution >= 0.6 is 12.2 Å². The molecule has 0 atom stereocenters. The van der Waals surface area contributed by atoms with E-state index in [1.165, 1.54) is 0 Å². The van der Waals surface area contributed by atoms with Crippen LogP contribution in [-0.2, 0) is 27.7 Å². The van der Waals surface area contributed by atoms with Crippen LogP contribution in [0.5, 0.6) is 0 Å². The summed E-state index contributed by atoms with van der Waals surface area (Å²) >= 11 is 4.93. The fourth-order valence-corrected chi connectivity index (χ4v) is 0.978. The Bertz CT molecular complexity index is 406. The SMILES string of the molecule is S=c1[nH]cnc2[nH]cnc12.[Hg]. The van der Waals surface area contributed by atoms with Crippen molar-refractivity contribution in [3.8, 4) is 0 Å². The molecule has 11 heavy (non-hydrogen) atoms. The van der Waals surface area contributed by atoms with Gasteiger partial charge in [-0.1, -0.05) is 12.2 Å². The first-order valence-corrected chi connectivity index (χ1v) is 3.15. The van der Waals surface area contributed by atoms with E-state index in [1.807, 2.05) is 0 Å². The first-order chi connectivity index (χ1) is 4.88. The molecule has 0 aliphatic rings. The molecule has 2 N–H and O–H groups in total. The molecule has 2 rings (SSSR count). The van der Waals surface area contributed by atoms with E-state index in [1.54, 1.807) is 12.7 Å². The van der Waals surface area contributed by atoms with Gasteiger partial charge in [-0.05, 0) is 0 Å². The van der Waals surface area contributed by atoms with Crippen LogP contribution in [0.1, 0.15) is 0 Å². The van der Waals surface area contributed by atoms with Crippen LogP contribution in [-0.4, -0.2) is 19.9 Å². The van der Waals surface area contributed by atoms with Gasteiger partial charge in [0.15, 0.2) is 5.65 Å². The van der Waals surface area contributed by atoms with Crippen LogP contribution in [0.3, 0.4) is 0 Å². The maximum atomic E-state index is 4.93. The number of rotatable bonds is 0. The Morgan fingerprint density at radius 2 is 1.91 bits per heavy atom. The Hall–Kier alpha value is -0.295. The van der Waals surface area contributed by atoms with Crippen LogP contribution in [0.25, 0.3) is 11.2 Å². The third-order valence-corrected chi connectivity index (χ3v) is 1.53. The second-order valence-electron chi connectivity index (χ2n) is 1.83. The van der Waals surface area contributed by atoms with Gasteiger partial charge < -0.3 is 9.97 Å². The minimum atomic E-state index is 0. The second-order valence-corrected chi connectivity index (χ2v) is 2.24. The average Bonchev–Trinajstić information content (AvgIpc) is 2.36. The summed E-state index contributed by atoms with van der Waals surface area (Å²) in [5, 5.41) is 0. The van der Waals surface area contributed by atoms with Crippen molar-refractivity contribution in [3.05, 3.63) is 17.3 Å². The Labute approximate surface area is 88.0 Å². The molecule has 6 heteroatoms. The van der Waals surface area contributed by atoms with Crippen molar-refractivity contribution >= 4 is 23.4 Å². The summed E-state index contributed by atoms with van der Waals surface area (Å²) in [4.78, 5) is 13.6. The number of aromatic nitrogens is 4. The van der Waals surface area contributed by atoms with Crippen LogP contribution in [0.2, 0.25) is 0 Å². The Balaban J connectivity index is 0.000000605. The van der Waals surface area contributed by atoms with Crippen LogP contribution in [0, 0.1) is 4.64 Å². The van der Waals surface area contributed by atoms with E-state index in [0.717, 1.165) is 11.2 Å². The number of aromatic amines is 2. The monoisotopic (exact) mass is 354 g/mol. The third-order valence-electron chi connectivity index (χ3n) is 1.22. The number of hydrogen-bond donors (Lipinski definition) is 2. The summed E-state index contributed by atoms with van der Waals surface area (Å²) in [6, 6.07) is 0.